The summed E-state index contributed by atoms with van der Waals surface area (Å²) in [7, 11) is 1.57. The smallest absolute Gasteiger partial charge is 0.335 e. The molecule has 0 unspecified atom stereocenters. The molecule has 1 aliphatic heterocycles. The molecule has 0 fully saturated rings. The topological polar surface area (TPSA) is 91.7 Å². The van der Waals surface area contributed by atoms with Crippen LogP contribution in [0.4, 0.5) is 11.4 Å². The third kappa shape index (κ3) is 4.75. The summed E-state index contributed by atoms with van der Waals surface area (Å²) in [5.41, 5.74) is 3.90. The number of benzene rings is 2. The number of ether oxygens (including phenoxy) is 2. The van der Waals surface area contributed by atoms with E-state index in [4.69, 9.17) is 9.47 Å². The van der Waals surface area contributed by atoms with Crippen LogP contribution in [0.25, 0.3) is 5.57 Å². The van der Waals surface area contributed by atoms with Crippen LogP contribution < -0.4 is 15.0 Å². The van der Waals surface area contributed by atoms with E-state index < -0.39 is 11.9 Å². The molecule has 0 radical (unpaired) electrons. The number of methoxy groups -OCH3 is 1. The maximum Gasteiger partial charge on any atom is 0.335 e. The van der Waals surface area contributed by atoms with E-state index >= 15 is 0 Å². The van der Waals surface area contributed by atoms with Crippen molar-refractivity contribution in [1.29, 1.82) is 5.26 Å². The van der Waals surface area contributed by atoms with Gasteiger partial charge in [-0.2, -0.15) is 5.26 Å². The first-order valence-corrected chi connectivity index (χ1v) is 10.8. The molecule has 0 spiro atoms. The van der Waals surface area contributed by atoms with Crippen LogP contribution in [0.5, 0.6) is 5.75 Å². The van der Waals surface area contributed by atoms with Gasteiger partial charge in [0.25, 0.3) is 5.91 Å². The molecular formula is C26H27N3O4. The number of para-hydroxylation sites is 1. The second kappa shape index (κ2) is 10.5. The molecule has 0 saturated heterocycles. The van der Waals surface area contributed by atoms with E-state index in [0.717, 1.165) is 35.5 Å². The van der Waals surface area contributed by atoms with Crippen LogP contribution in [0.3, 0.4) is 0 Å². The molecule has 2 aromatic carbocycles. The zero-order chi connectivity index (χ0) is 24.0. The number of nitriles is 1. The second-order valence-corrected chi connectivity index (χ2v) is 7.42. The molecule has 33 heavy (non-hydrogen) atoms. The van der Waals surface area contributed by atoms with Crippen LogP contribution in [-0.2, 0) is 14.3 Å². The summed E-state index contributed by atoms with van der Waals surface area (Å²) in [6.07, 6.45) is 0.917. The number of hydrogen-bond acceptors (Lipinski definition) is 6. The number of rotatable bonds is 8. The number of nitrogens with zero attached hydrogens (tertiary/aromatic N) is 2. The van der Waals surface area contributed by atoms with Gasteiger partial charge in [-0.25, -0.2) is 4.79 Å². The van der Waals surface area contributed by atoms with Gasteiger partial charge in [0.1, 0.15) is 17.4 Å². The highest BCUT2D eigenvalue weighted by molar-refractivity contribution is 6.12. The molecule has 0 bridgehead atoms. The fraction of sp³-hybridized carbons (Fsp3) is 0.269. The lowest BCUT2D eigenvalue weighted by atomic mass is 9.86. The maximum atomic E-state index is 13.1. The van der Waals surface area contributed by atoms with Crippen molar-refractivity contribution in [2.24, 2.45) is 0 Å². The molecule has 0 saturated carbocycles. The summed E-state index contributed by atoms with van der Waals surface area (Å²) in [6, 6.07) is 15.4. The van der Waals surface area contributed by atoms with Crippen LogP contribution in [0.15, 0.2) is 60.2 Å². The third-order valence-electron chi connectivity index (χ3n) is 5.29. The van der Waals surface area contributed by atoms with Gasteiger partial charge in [0.2, 0.25) is 0 Å². The Morgan fingerprint density at radius 1 is 1.12 bits per heavy atom. The minimum atomic E-state index is -0.592. The Morgan fingerprint density at radius 3 is 2.52 bits per heavy atom. The molecule has 0 aromatic heterocycles. The molecule has 1 amide bonds. The van der Waals surface area contributed by atoms with Gasteiger partial charge in [0, 0.05) is 46.7 Å². The van der Waals surface area contributed by atoms with Crippen molar-refractivity contribution in [2.45, 2.75) is 20.3 Å². The van der Waals surface area contributed by atoms with Crippen LogP contribution >= 0.6 is 0 Å². The summed E-state index contributed by atoms with van der Waals surface area (Å²) >= 11 is 0. The Labute approximate surface area is 193 Å². The van der Waals surface area contributed by atoms with Crippen molar-refractivity contribution in [3.8, 4) is 11.8 Å². The standard InChI is InChI=1S/C26H27N3O4/c1-5-13-29-22-10-8-7-9-19(22)24(20-14-18(32-4)11-12-23(20)29)21(15-27)25(30)28-16-17(3)26(31)33-6-2/h7-12,14H,3,5-6,13,16H2,1-2,4H3,(H,28,30)/b24-21+. The van der Waals surface area contributed by atoms with Crippen LogP contribution in [0.1, 0.15) is 31.4 Å². The van der Waals surface area contributed by atoms with Gasteiger partial charge in [-0.3, -0.25) is 4.79 Å². The quantitative estimate of drug-likeness (QED) is 0.373. The Hall–Kier alpha value is -4.05. The lowest BCUT2D eigenvalue weighted by Gasteiger charge is -2.35. The summed E-state index contributed by atoms with van der Waals surface area (Å²) in [5.74, 6) is -0.557. The minimum absolute atomic E-state index is 0.0511. The van der Waals surface area contributed by atoms with Gasteiger partial charge in [0.15, 0.2) is 0 Å². The van der Waals surface area contributed by atoms with E-state index in [1.54, 1.807) is 14.0 Å². The Kier molecular flexibility index (Phi) is 7.52. The SMILES string of the molecule is C=C(CNC(=O)/C(C#N)=C1\c2ccccc2N(CCC)c2ccc(OC)cc21)C(=O)OCC. The predicted molar refractivity (Wildman–Crippen MR) is 127 cm³/mol. The fourth-order valence-corrected chi connectivity index (χ4v) is 3.81. The van der Waals surface area contributed by atoms with Gasteiger partial charge in [-0.05, 0) is 37.6 Å². The Balaban J connectivity index is 2.12. The van der Waals surface area contributed by atoms with Crippen LogP contribution in [-0.4, -0.2) is 38.7 Å². The van der Waals surface area contributed by atoms with E-state index in [1.807, 2.05) is 42.5 Å². The number of carbonyl (C=O) groups is 2. The third-order valence-corrected chi connectivity index (χ3v) is 5.29. The zero-order valence-electron chi connectivity index (χ0n) is 19.1. The molecule has 2 aromatic rings. The highest BCUT2D eigenvalue weighted by Crippen LogP contribution is 2.47. The van der Waals surface area contributed by atoms with Crippen LogP contribution in [0.2, 0.25) is 0 Å². The fourth-order valence-electron chi connectivity index (χ4n) is 3.81. The number of carbonyl (C=O) groups excluding carboxylic acids is 2. The molecular weight excluding hydrogens is 418 g/mol. The molecule has 0 atom stereocenters. The average molecular weight is 446 g/mol. The normalized spacial score (nSPS) is 13.2. The molecule has 0 aliphatic carbocycles. The van der Waals surface area contributed by atoms with Gasteiger partial charge in [0.05, 0.1) is 13.7 Å². The molecule has 7 heteroatoms. The van der Waals surface area contributed by atoms with Gasteiger partial charge in [-0.15, -0.1) is 0 Å². The molecule has 1 heterocycles. The average Bonchev–Trinajstić information content (AvgIpc) is 2.84. The highest BCUT2D eigenvalue weighted by Gasteiger charge is 2.30. The number of nitrogens with one attached hydrogen (secondary N) is 1. The minimum Gasteiger partial charge on any atom is -0.497 e. The first kappa shape index (κ1) is 23.6. The van der Waals surface area contributed by atoms with Gasteiger partial charge in [-0.1, -0.05) is 31.7 Å². The Bertz CT molecular complexity index is 1160. The van der Waals surface area contributed by atoms with Gasteiger partial charge < -0.3 is 19.7 Å². The molecule has 1 aliphatic rings. The zero-order valence-corrected chi connectivity index (χ0v) is 19.1. The van der Waals surface area contributed by atoms with Crippen molar-refractivity contribution in [3.63, 3.8) is 0 Å². The van der Waals surface area contributed by atoms with E-state index in [0.29, 0.717) is 11.3 Å². The number of amides is 1. The molecule has 170 valence electrons. The lowest BCUT2D eigenvalue weighted by molar-refractivity contribution is -0.138. The predicted octanol–water partition coefficient (Wildman–Crippen LogP) is 4.12. The monoisotopic (exact) mass is 445 g/mol. The van der Waals surface area contributed by atoms with Crippen molar-refractivity contribution in [2.75, 3.05) is 31.7 Å². The number of anilines is 2. The van der Waals surface area contributed by atoms with E-state index in [1.165, 1.54) is 0 Å². The van der Waals surface area contributed by atoms with E-state index in [9.17, 15) is 14.9 Å². The number of hydrogen-bond donors (Lipinski definition) is 1. The summed E-state index contributed by atoms with van der Waals surface area (Å²) < 4.78 is 10.3. The first-order chi connectivity index (χ1) is 16.0. The number of fused-ring (bicyclic) bond motifs is 2. The summed E-state index contributed by atoms with van der Waals surface area (Å²) in [5, 5.41) is 12.7. The van der Waals surface area contributed by atoms with E-state index in [-0.39, 0.29) is 24.3 Å². The first-order valence-electron chi connectivity index (χ1n) is 10.8. The van der Waals surface area contributed by atoms with Crippen molar-refractivity contribution in [3.05, 3.63) is 71.3 Å². The molecule has 3 rings (SSSR count). The molecule has 7 nitrogen and oxygen atoms in total. The number of esters is 1. The van der Waals surface area contributed by atoms with Gasteiger partial charge >= 0.3 is 5.97 Å². The lowest BCUT2D eigenvalue weighted by Crippen LogP contribution is -2.30. The highest BCUT2D eigenvalue weighted by atomic mass is 16.5. The molecule has 1 N–H and O–H groups in total. The summed E-state index contributed by atoms with van der Waals surface area (Å²) in [6.45, 7) is 8.31. The van der Waals surface area contributed by atoms with E-state index in [2.05, 4.69) is 29.8 Å². The second-order valence-electron chi connectivity index (χ2n) is 7.42. The van der Waals surface area contributed by atoms with Crippen molar-refractivity contribution in [1.82, 2.24) is 5.32 Å². The largest absolute Gasteiger partial charge is 0.497 e. The summed E-state index contributed by atoms with van der Waals surface area (Å²) in [4.78, 5) is 27.1. The maximum absolute atomic E-state index is 13.1. The van der Waals surface area contributed by atoms with Crippen LogP contribution in [0, 0.1) is 11.3 Å². The van der Waals surface area contributed by atoms with Crippen molar-refractivity contribution >= 4 is 28.8 Å². The van der Waals surface area contributed by atoms with Crippen molar-refractivity contribution < 1.29 is 19.1 Å². The Morgan fingerprint density at radius 2 is 1.85 bits per heavy atom.